The Kier molecular flexibility index (Phi) is 5.49. The van der Waals surface area contributed by atoms with E-state index >= 15 is 0 Å². The van der Waals surface area contributed by atoms with Gasteiger partial charge in [-0.25, -0.2) is 0 Å². The Morgan fingerprint density at radius 2 is 1.73 bits per heavy atom. The third kappa shape index (κ3) is 4.18. The maximum absolute atomic E-state index is 12.5. The van der Waals surface area contributed by atoms with E-state index in [4.69, 9.17) is 0 Å². The molecule has 0 saturated heterocycles. The number of amides is 1. The Bertz CT molecular complexity index is 853. The zero-order valence-electron chi connectivity index (χ0n) is 15.4. The molecule has 0 aliphatic rings. The Balaban J connectivity index is 1.66. The summed E-state index contributed by atoms with van der Waals surface area (Å²) < 4.78 is 1.77. The van der Waals surface area contributed by atoms with Crippen LogP contribution in [0.1, 0.15) is 22.0 Å². The van der Waals surface area contributed by atoms with Crippen molar-refractivity contribution >= 4 is 5.91 Å². The molecule has 1 N–H and O–H groups in total. The Hall–Kier alpha value is -2.92. The van der Waals surface area contributed by atoms with Crippen LogP contribution in [0.2, 0.25) is 0 Å². The van der Waals surface area contributed by atoms with E-state index in [0.717, 1.165) is 16.7 Å². The van der Waals surface area contributed by atoms with E-state index in [-0.39, 0.29) is 11.9 Å². The second-order valence-electron chi connectivity index (χ2n) is 6.58. The number of carbonyl (C=O) groups is 1. The van der Waals surface area contributed by atoms with Gasteiger partial charge in [0.15, 0.2) is 0 Å². The SMILES string of the molecule is CN(C)[C@H](CNC(=O)c1ccc(-c2ccccc2)cc1)c1cnn(C)c1. The summed E-state index contributed by atoms with van der Waals surface area (Å²) in [5.74, 6) is -0.0691. The van der Waals surface area contributed by atoms with Gasteiger partial charge in [-0.3, -0.25) is 9.48 Å². The van der Waals surface area contributed by atoms with Gasteiger partial charge in [-0.1, -0.05) is 42.5 Å². The number of nitrogens with one attached hydrogen (secondary N) is 1. The summed E-state index contributed by atoms with van der Waals surface area (Å²) in [4.78, 5) is 14.6. The van der Waals surface area contributed by atoms with E-state index in [1.165, 1.54) is 0 Å². The van der Waals surface area contributed by atoms with Crippen LogP contribution in [0.3, 0.4) is 0 Å². The zero-order valence-corrected chi connectivity index (χ0v) is 15.4. The summed E-state index contributed by atoms with van der Waals surface area (Å²) in [6.45, 7) is 0.526. The Morgan fingerprint density at radius 3 is 2.31 bits per heavy atom. The first kappa shape index (κ1) is 17.9. The number of aromatic nitrogens is 2. The molecule has 2 aromatic carbocycles. The lowest BCUT2D eigenvalue weighted by Crippen LogP contribution is -2.34. The van der Waals surface area contributed by atoms with Gasteiger partial charge in [0.1, 0.15) is 0 Å². The third-order valence-electron chi connectivity index (χ3n) is 4.44. The van der Waals surface area contributed by atoms with Crippen molar-refractivity contribution in [2.45, 2.75) is 6.04 Å². The van der Waals surface area contributed by atoms with Crippen molar-refractivity contribution < 1.29 is 4.79 Å². The van der Waals surface area contributed by atoms with Gasteiger partial charge in [0.25, 0.3) is 5.91 Å². The molecule has 3 rings (SSSR count). The van der Waals surface area contributed by atoms with Crippen molar-refractivity contribution in [2.24, 2.45) is 7.05 Å². The first-order valence-electron chi connectivity index (χ1n) is 8.63. The number of nitrogens with zero attached hydrogens (tertiary/aromatic N) is 3. The Morgan fingerprint density at radius 1 is 1.08 bits per heavy atom. The van der Waals surface area contributed by atoms with Crippen LogP contribution >= 0.6 is 0 Å². The van der Waals surface area contributed by atoms with Gasteiger partial charge in [0.2, 0.25) is 0 Å². The fraction of sp³-hybridized carbons (Fsp3) is 0.238. The van der Waals surface area contributed by atoms with Crippen molar-refractivity contribution in [3.05, 3.63) is 78.1 Å². The second kappa shape index (κ2) is 7.97. The first-order chi connectivity index (χ1) is 12.5. The summed E-state index contributed by atoms with van der Waals surface area (Å²) in [5, 5.41) is 7.25. The van der Waals surface area contributed by atoms with Gasteiger partial charge in [-0.15, -0.1) is 0 Å². The molecule has 0 aliphatic heterocycles. The maximum atomic E-state index is 12.5. The van der Waals surface area contributed by atoms with Crippen molar-refractivity contribution in [1.82, 2.24) is 20.0 Å². The normalized spacial score (nSPS) is 12.2. The molecule has 5 nitrogen and oxygen atoms in total. The molecule has 1 atom stereocenters. The van der Waals surface area contributed by atoms with E-state index in [0.29, 0.717) is 12.1 Å². The molecule has 0 spiro atoms. The van der Waals surface area contributed by atoms with Crippen LogP contribution in [0.15, 0.2) is 67.0 Å². The number of carbonyl (C=O) groups excluding carboxylic acids is 1. The number of likely N-dealkylation sites (N-methyl/N-ethyl adjacent to an activating group) is 1. The monoisotopic (exact) mass is 348 g/mol. The van der Waals surface area contributed by atoms with E-state index < -0.39 is 0 Å². The van der Waals surface area contributed by atoms with Gasteiger partial charge in [0, 0.05) is 30.9 Å². The minimum Gasteiger partial charge on any atom is -0.350 e. The largest absolute Gasteiger partial charge is 0.350 e. The molecular formula is C21H24N4O. The predicted molar refractivity (Wildman–Crippen MR) is 104 cm³/mol. The lowest BCUT2D eigenvalue weighted by molar-refractivity contribution is 0.0942. The van der Waals surface area contributed by atoms with Crippen LogP contribution in [0.25, 0.3) is 11.1 Å². The quantitative estimate of drug-likeness (QED) is 0.745. The number of aryl methyl sites for hydroxylation is 1. The predicted octanol–water partition coefficient (Wildman–Crippen LogP) is 3.12. The summed E-state index contributed by atoms with van der Waals surface area (Å²) >= 11 is 0. The molecule has 1 amide bonds. The number of benzene rings is 2. The summed E-state index contributed by atoms with van der Waals surface area (Å²) in [5.41, 5.74) is 3.98. The van der Waals surface area contributed by atoms with E-state index in [9.17, 15) is 4.79 Å². The highest BCUT2D eigenvalue weighted by molar-refractivity contribution is 5.94. The average molecular weight is 348 g/mol. The highest BCUT2D eigenvalue weighted by Crippen LogP contribution is 2.20. The zero-order chi connectivity index (χ0) is 18.5. The highest BCUT2D eigenvalue weighted by Gasteiger charge is 2.17. The Labute approximate surface area is 154 Å². The van der Waals surface area contributed by atoms with Gasteiger partial charge in [-0.05, 0) is 37.4 Å². The van der Waals surface area contributed by atoms with Crippen LogP contribution in [0, 0.1) is 0 Å². The van der Waals surface area contributed by atoms with Crippen LogP contribution < -0.4 is 5.32 Å². The van der Waals surface area contributed by atoms with Gasteiger partial charge >= 0.3 is 0 Å². The van der Waals surface area contributed by atoms with E-state index in [1.807, 2.05) is 76.0 Å². The van der Waals surface area contributed by atoms with Gasteiger partial charge in [0.05, 0.1) is 12.2 Å². The molecule has 134 valence electrons. The molecule has 0 radical (unpaired) electrons. The molecule has 5 heteroatoms. The summed E-state index contributed by atoms with van der Waals surface area (Å²) in [6.07, 6.45) is 3.82. The number of hydrogen-bond donors (Lipinski definition) is 1. The first-order valence-corrected chi connectivity index (χ1v) is 8.63. The maximum Gasteiger partial charge on any atom is 0.251 e. The lowest BCUT2D eigenvalue weighted by atomic mass is 10.0. The fourth-order valence-corrected chi connectivity index (χ4v) is 2.95. The van der Waals surface area contributed by atoms with Crippen molar-refractivity contribution in [2.75, 3.05) is 20.6 Å². The highest BCUT2D eigenvalue weighted by atomic mass is 16.1. The summed E-state index contributed by atoms with van der Waals surface area (Å²) in [6, 6.07) is 17.9. The molecular weight excluding hydrogens is 324 g/mol. The van der Waals surface area contributed by atoms with Crippen molar-refractivity contribution in [3.8, 4) is 11.1 Å². The number of hydrogen-bond acceptors (Lipinski definition) is 3. The van der Waals surface area contributed by atoms with E-state index in [2.05, 4.69) is 27.4 Å². The molecule has 1 aromatic heterocycles. The molecule has 0 fully saturated rings. The lowest BCUT2D eigenvalue weighted by Gasteiger charge is -2.23. The van der Waals surface area contributed by atoms with E-state index in [1.54, 1.807) is 4.68 Å². The van der Waals surface area contributed by atoms with Crippen LogP contribution in [-0.2, 0) is 7.05 Å². The van der Waals surface area contributed by atoms with Crippen molar-refractivity contribution in [3.63, 3.8) is 0 Å². The molecule has 0 saturated carbocycles. The smallest absolute Gasteiger partial charge is 0.251 e. The summed E-state index contributed by atoms with van der Waals surface area (Å²) in [7, 11) is 5.89. The van der Waals surface area contributed by atoms with Crippen LogP contribution in [-0.4, -0.2) is 41.2 Å². The molecule has 26 heavy (non-hydrogen) atoms. The second-order valence-corrected chi connectivity index (χ2v) is 6.58. The molecule has 1 heterocycles. The topological polar surface area (TPSA) is 50.2 Å². The molecule has 0 bridgehead atoms. The van der Waals surface area contributed by atoms with Gasteiger partial charge in [-0.2, -0.15) is 5.10 Å². The van der Waals surface area contributed by atoms with Crippen molar-refractivity contribution in [1.29, 1.82) is 0 Å². The van der Waals surface area contributed by atoms with Crippen LogP contribution in [0.4, 0.5) is 0 Å². The minimum absolute atomic E-state index is 0.0691. The third-order valence-corrected chi connectivity index (χ3v) is 4.44. The van der Waals surface area contributed by atoms with Crippen LogP contribution in [0.5, 0.6) is 0 Å². The average Bonchev–Trinajstić information content (AvgIpc) is 3.08. The number of rotatable bonds is 6. The molecule has 3 aromatic rings. The molecule has 0 aliphatic carbocycles. The van der Waals surface area contributed by atoms with Gasteiger partial charge < -0.3 is 10.2 Å². The minimum atomic E-state index is -0.0691. The standard InChI is InChI=1S/C21H24N4O/c1-24(2)20(19-13-23-25(3)15-19)14-22-21(26)18-11-9-17(10-12-18)16-7-5-4-6-8-16/h4-13,15,20H,14H2,1-3H3,(H,22,26)/t20-/m1/s1. The fourth-order valence-electron chi connectivity index (χ4n) is 2.95. The molecule has 0 unspecified atom stereocenters.